The molecule has 1 aliphatic heterocycles. The predicted octanol–water partition coefficient (Wildman–Crippen LogP) is 2.29. The number of nitrogens with one attached hydrogen (secondary N) is 1. The number of rotatable bonds is 2. The van der Waals surface area contributed by atoms with Crippen molar-refractivity contribution in [2.24, 2.45) is 0 Å². The minimum atomic E-state index is -0.137. The van der Waals surface area contributed by atoms with Gasteiger partial charge in [-0.25, -0.2) is 4.79 Å². The van der Waals surface area contributed by atoms with Crippen molar-refractivity contribution in [2.45, 2.75) is 6.92 Å². The third-order valence-electron chi connectivity index (χ3n) is 3.39. The van der Waals surface area contributed by atoms with Gasteiger partial charge in [0, 0.05) is 43.8 Å². The third kappa shape index (κ3) is 4.32. The summed E-state index contributed by atoms with van der Waals surface area (Å²) in [5.74, 6) is 0.0591. The third-order valence-corrected chi connectivity index (χ3v) is 4.11. The molecule has 112 valence electrons. The first-order valence-corrected chi connectivity index (χ1v) is 7.59. The van der Waals surface area contributed by atoms with Crippen molar-refractivity contribution in [1.29, 1.82) is 0 Å². The van der Waals surface area contributed by atoms with E-state index >= 15 is 0 Å². The molecule has 1 fully saturated rings. The monoisotopic (exact) mass is 351 g/mol. The van der Waals surface area contributed by atoms with E-state index in [1.165, 1.54) is 0 Å². The van der Waals surface area contributed by atoms with E-state index < -0.39 is 0 Å². The van der Waals surface area contributed by atoms with E-state index in [1.807, 2.05) is 30.3 Å². The highest BCUT2D eigenvalue weighted by Gasteiger charge is 2.21. The molecule has 5 nitrogen and oxygen atoms in total. The second kappa shape index (κ2) is 7.26. The van der Waals surface area contributed by atoms with Crippen LogP contribution < -0.4 is 5.32 Å². The Labute approximate surface area is 132 Å². The first kappa shape index (κ1) is 15.6. The van der Waals surface area contributed by atoms with Crippen LogP contribution in [0.15, 0.2) is 34.9 Å². The van der Waals surface area contributed by atoms with Gasteiger partial charge in [0.15, 0.2) is 0 Å². The smallest absolute Gasteiger partial charge is 0.321 e. The van der Waals surface area contributed by atoms with Crippen molar-refractivity contribution >= 4 is 33.9 Å². The maximum Gasteiger partial charge on any atom is 0.321 e. The van der Waals surface area contributed by atoms with E-state index in [0.717, 1.165) is 10.0 Å². The summed E-state index contributed by atoms with van der Waals surface area (Å²) >= 11 is 3.45. The van der Waals surface area contributed by atoms with Gasteiger partial charge in [0.2, 0.25) is 5.91 Å². The molecule has 0 aliphatic carbocycles. The van der Waals surface area contributed by atoms with Gasteiger partial charge in [0.05, 0.1) is 0 Å². The second-order valence-corrected chi connectivity index (χ2v) is 5.65. The lowest BCUT2D eigenvalue weighted by molar-refractivity contribution is -0.130. The maximum atomic E-state index is 12.0. The lowest BCUT2D eigenvalue weighted by atomic mass is 10.2. The Balaban J connectivity index is 1.83. The van der Waals surface area contributed by atoms with Crippen LogP contribution in [0, 0.1) is 0 Å². The highest BCUT2D eigenvalue weighted by Crippen LogP contribution is 2.16. The second-order valence-electron chi connectivity index (χ2n) is 4.80. The van der Waals surface area contributed by atoms with Crippen LogP contribution in [-0.2, 0) is 4.79 Å². The number of benzene rings is 1. The van der Waals surface area contributed by atoms with Crippen LogP contribution in [0.25, 0.3) is 6.08 Å². The first-order chi connectivity index (χ1) is 10.1. The number of piperazine rings is 1. The number of halogens is 1. The normalized spacial score (nSPS) is 15.3. The number of amides is 3. The van der Waals surface area contributed by atoms with E-state index in [4.69, 9.17) is 0 Å². The molecular weight excluding hydrogens is 334 g/mol. The Morgan fingerprint density at radius 2 is 1.76 bits per heavy atom. The molecule has 0 bridgehead atoms. The van der Waals surface area contributed by atoms with E-state index in [1.54, 1.807) is 22.9 Å². The molecule has 1 N–H and O–H groups in total. The topological polar surface area (TPSA) is 52.7 Å². The molecule has 1 aromatic carbocycles. The molecule has 0 unspecified atom stereocenters. The van der Waals surface area contributed by atoms with Gasteiger partial charge in [-0.3, -0.25) is 4.79 Å². The van der Waals surface area contributed by atoms with Crippen molar-refractivity contribution in [1.82, 2.24) is 15.1 Å². The zero-order chi connectivity index (χ0) is 15.2. The fourth-order valence-corrected chi connectivity index (χ4v) is 2.55. The number of carbonyl (C=O) groups excluding carboxylic acids is 2. The number of hydrogen-bond donors (Lipinski definition) is 1. The summed E-state index contributed by atoms with van der Waals surface area (Å²) in [6, 6.07) is 7.64. The fraction of sp³-hybridized carbons (Fsp3) is 0.333. The van der Waals surface area contributed by atoms with E-state index in [9.17, 15) is 9.59 Å². The van der Waals surface area contributed by atoms with Crippen LogP contribution in [0.1, 0.15) is 12.5 Å². The SMILES string of the molecule is CC(=O)N1CCN(C(=O)N/C=C/c2ccccc2Br)CC1. The van der Waals surface area contributed by atoms with Gasteiger partial charge < -0.3 is 15.1 Å². The summed E-state index contributed by atoms with van der Waals surface area (Å²) in [6.45, 7) is 3.87. The zero-order valence-electron chi connectivity index (χ0n) is 11.9. The Morgan fingerprint density at radius 3 is 2.38 bits per heavy atom. The van der Waals surface area contributed by atoms with E-state index in [0.29, 0.717) is 26.2 Å². The van der Waals surface area contributed by atoms with Crippen LogP contribution >= 0.6 is 15.9 Å². The van der Waals surface area contributed by atoms with Gasteiger partial charge in [-0.2, -0.15) is 0 Å². The maximum absolute atomic E-state index is 12.0. The molecule has 2 rings (SSSR count). The standard InChI is InChI=1S/C15H18BrN3O2/c1-12(20)18-8-10-19(11-9-18)15(21)17-7-6-13-4-2-3-5-14(13)16/h2-7H,8-11H2,1H3,(H,17,21)/b7-6+. The average Bonchev–Trinajstić information content (AvgIpc) is 2.49. The Bertz CT molecular complexity index is 552. The van der Waals surface area contributed by atoms with Crippen LogP contribution in [0.3, 0.4) is 0 Å². The van der Waals surface area contributed by atoms with Gasteiger partial charge in [-0.15, -0.1) is 0 Å². The van der Waals surface area contributed by atoms with Gasteiger partial charge >= 0.3 is 6.03 Å². The quantitative estimate of drug-likeness (QED) is 0.888. The summed E-state index contributed by atoms with van der Waals surface area (Å²) in [7, 11) is 0. The van der Waals surface area contributed by atoms with Crippen molar-refractivity contribution in [3.05, 3.63) is 40.5 Å². The van der Waals surface area contributed by atoms with Gasteiger partial charge in [0.1, 0.15) is 0 Å². The summed E-state index contributed by atoms with van der Waals surface area (Å²) in [5, 5.41) is 2.75. The van der Waals surface area contributed by atoms with Crippen molar-refractivity contribution in [3.8, 4) is 0 Å². The van der Waals surface area contributed by atoms with Crippen molar-refractivity contribution in [3.63, 3.8) is 0 Å². The van der Waals surface area contributed by atoms with E-state index in [2.05, 4.69) is 21.2 Å². The first-order valence-electron chi connectivity index (χ1n) is 6.80. The van der Waals surface area contributed by atoms with Crippen LogP contribution in [0.5, 0.6) is 0 Å². The molecule has 0 spiro atoms. The van der Waals surface area contributed by atoms with Crippen molar-refractivity contribution in [2.75, 3.05) is 26.2 Å². The summed E-state index contributed by atoms with van der Waals surface area (Å²) < 4.78 is 0.977. The Morgan fingerprint density at radius 1 is 1.14 bits per heavy atom. The molecule has 0 aromatic heterocycles. The molecular formula is C15H18BrN3O2. The average molecular weight is 352 g/mol. The molecule has 1 saturated heterocycles. The molecule has 6 heteroatoms. The molecule has 1 aromatic rings. The van der Waals surface area contributed by atoms with Crippen LogP contribution in [-0.4, -0.2) is 47.9 Å². The van der Waals surface area contributed by atoms with Gasteiger partial charge in [-0.05, 0) is 17.7 Å². The molecule has 21 heavy (non-hydrogen) atoms. The zero-order valence-corrected chi connectivity index (χ0v) is 13.5. The Kier molecular flexibility index (Phi) is 5.38. The molecule has 0 atom stereocenters. The summed E-state index contributed by atoms with van der Waals surface area (Å²) in [6.07, 6.45) is 3.48. The highest BCUT2D eigenvalue weighted by molar-refractivity contribution is 9.10. The lowest BCUT2D eigenvalue weighted by Gasteiger charge is -2.33. The van der Waals surface area contributed by atoms with Crippen LogP contribution in [0.2, 0.25) is 0 Å². The van der Waals surface area contributed by atoms with Crippen LogP contribution in [0.4, 0.5) is 4.79 Å². The largest absolute Gasteiger partial charge is 0.339 e. The minimum absolute atomic E-state index is 0.0591. The number of carbonyl (C=O) groups is 2. The molecule has 1 heterocycles. The number of hydrogen-bond acceptors (Lipinski definition) is 2. The fourth-order valence-electron chi connectivity index (χ4n) is 2.13. The number of nitrogens with zero attached hydrogens (tertiary/aromatic N) is 2. The molecule has 3 amide bonds. The number of urea groups is 1. The van der Waals surface area contributed by atoms with Gasteiger partial charge in [-0.1, -0.05) is 34.1 Å². The van der Waals surface area contributed by atoms with Gasteiger partial charge in [0.25, 0.3) is 0 Å². The molecule has 1 aliphatic rings. The molecule has 0 radical (unpaired) electrons. The van der Waals surface area contributed by atoms with Crippen molar-refractivity contribution < 1.29 is 9.59 Å². The Hall–Kier alpha value is -1.82. The minimum Gasteiger partial charge on any atom is -0.339 e. The summed E-state index contributed by atoms with van der Waals surface area (Å²) in [5.41, 5.74) is 0.999. The molecule has 0 saturated carbocycles. The van der Waals surface area contributed by atoms with E-state index in [-0.39, 0.29) is 11.9 Å². The predicted molar refractivity (Wildman–Crippen MR) is 85.5 cm³/mol. The summed E-state index contributed by atoms with van der Waals surface area (Å²) in [4.78, 5) is 26.7. The highest BCUT2D eigenvalue weighted by atomic mass is 79.9. The lowest BCUT2D eigenvalue weighted by Crippen LogP contribution is -2.52.